The summed E-state index contributed by atoms with van der Waals surface area (Å²) in [6, 6.07) is 0. The van der Waals surface area contributed by atoms with Gasteiger partial charge in [0.1, 0.15) is 0 Å². The number of amides is 1. The highest BCUT2D eigenvalue weighted by Crippen LogP contribution is 2.59. The molecule has 0 aromatic heterocycles. The molecule has 1 atom stereocenters. The topological polar surface area (TPSA) is 57.6 Å². The zero-order valence-corrected chi connectivity index (χ0v) is 10.7. The molecule has 4 nitrogen and oxygen atoms in total. The number of nitrogens with zero attached hydrogens (tertiary/aromatic N) is 1. The Hall–Kier alpha value is -1.06. The lowest BCUT2D eigenvalue weighted by Gasteiger charge is -2.32. The van der Waals surface area contributed by atoms with E-state index >= 15 is 0 Å². The molecule has 1 spiro atoms. The third-order valence-corrected chi connectivity index (χ3v) is 5.06. The Kier molecular flexibility index (Phi) is 2.83. The molecule has 4 heteroatoms. The smallest absolute Gasteiger partial charge is 0.307 e. The third kappa shape index (κ3) is 2.25. The van der Waals surface area contributed by atoms with E-state index in [1.807, 2.05) is 4.90 Å². The maximum atomic E-state index is 12.0. The van der Waals surface area contributed by atoms with E-state index in [1.54, 1.807) is 0 Å². The maximum absolute atomic E-state index is 12.0. The van der Waals surface area contributed by atoms with Gasteiger partial charge in [0, 0.05) is 19.5 Å². The lowest BCUT2D eigenvalue weighted by Crippen LogP contribution is -2.39. The van der Waals surface area contributed by atoms with E-state index in [9.17, 15) is 9.59 Å². The maximum Gasteiger partial charge on any atom is 0.307 e. The molecule has 0 aromatic rings. The molecule has 1 N–H and O–H groups in total. The molecule has 1 amide bonds. The Balaban J connectivity index is 1.45. The van der Waals surface area contributed by atoms with E-state index in [1.165, 1.54) is 12.8 Å². The first-order valence-electron chi connectivity index (χ1n) is 7.11. The van der Waals surface area contributed by atoms with Crippen LogP contribution in [-0.4, -0.2) is 35.0 Å². The Morgan fingerprint density at radius 2 is 1.89 bits per heavy atom. The molecular formula is C14H21NO3. The van der Waals surface area contributed by atoms with Crippen LogP contribution in [0.1, 0.15) is 44.9 Å². The lowest BCUT2D eigenvalue weighted by atomic mass is 9.90. The second-order valence-corrected chi connectivity index (χ2v) is 6.32. The summed E-state index contributed by atoms with van der Waals surface area (Å²) in [5.74, 6) is 0.305. The molecule has 0 aromatic carbocycles. The van der Waals surface area contributed by atoms with Gasteiger partial charge in [-0.25, -0.2) is 0 Å². The van der Waals surface area contributed by atoms with Gasteiger partial charge in [-0.1, -0.05) is 12.8 Å². The summed E-state index contributed by atoms with van der Waals surface area (Å²) in [6.45, 7) is 1.54. The van der Waals surface area contributed by atoms with Crippen LogP contribution in [0.25, 0.3) is 0 Å². The van der Waals surface area contributed by atoms with Crippen LogP contribution in [0.4, 0.5) is 0 Å². The van der Waals surface area contributed by atoms with Gasteiger partial charge in [-0.05, 0) is 37.0 Å². The average molecular weight is 251 g/mol. The summed E-state index contributed by atoms with van der Waals surface area (Å²) in [5, 5.41) is 9.02. The molecule has 18 heavy (non-hydrogen) atoms. The number of rotatable bonds is 4. The monoisotopic (exact) mass is 251 g/mol. The molecule has 1 unspecified atom stereocenters. The summed E-state index contributed by atoms with van der Waals surface area (Å²) in [5.41, 5.74) is 0.0408. The largest absolute Gasteiger partial charge is 0.481 e. The second kappa shape index (κ2) is 4.25. The fourth-order valence-corrected chi connectivity index (χ4v) is 3.34. The zero-order valence-electron chi connectivity index (χ0n) is 10.7. The quantitative estimate of drug-likeness (QED) is 0.830. The van der Waals surface area contributed by atoms with Crippen molar-refractivity contribution in [3.8, 4) is 0 Å². The first-order valence-corrected chi connectivity index (χ1v) is 7.11. The fourth-order valence-electron chi connectivity index (χ4n) is 3.34. The highest BCUT2D eigenvalue weighted by Gasteiger charge is 2.59. The highest BCUT2D eigenvalue weighted by atomic mass is 16.4. The van der Waals surface area contributed by atoms with Crippen LogP contribution in [0.3, 0.4) is 0 Å². The number of likely N-dealkylation sites (tertiary alicyclic amines) is 1. The first kappa shape index (κ1) is 12.0. The molecule has 1 saturated heterocycles. The van der Waals surface area contributed by atoms with Gasteiger partial charge >= 0.3 is 5.97 Å². The van der Waals surface area contributed by atoms with Gasteiger partial charge in [0.15, 0.2) is 0 Å². The number of carboxylic acids is 1. The van der Waals surface area contributed by atoms with Gasteiger partial charge in [0.25, 0.3) is 0 Å². The summed E-state index contributed by atoms with van der Waals surface area (Å²) in [7, 11) is 0. The van der Waals surface area contributed by atoms with Crippen LogP contribution in [0, 0.1) is 17.3 Å². The fraction of sp³-hybridized carbons (Fsp3) is 0.857. The molecule has 3 aliphatic rings. The molecule has 1 heterocycles. The minimum atomic E-state index is -0.650. The van der Waals surface area contributed by atoms with Crippen molar-refractivity contribution in [3.05, 3.63) is 0 Å². The summed E-state index contributed by atoms with van der Waals surface area (Å²) in [4.78, 5) is 24.9. The number of hydrogen-bond acceptors (Lipinski definition) is 2. The van der Waals surface area contributed by atoms with Gasteiger partial charge < -0.3 is 10.0 Å². The Morgan fingerprint density at radius 1 is 1.22 bits per heavy atom. The van der Waals surface area contributed by atoms with Gasteiger partial charge in [-0.3, -0.25) is 9.59 Å². The van der Waals surface area contributed by atoms with Crippen LogP contribution in [0.2, 0.25) is 0 Å². The van der Waals surface area contributed by atoms with Crippen molar-refractivity contribution in [2.24, 2.45) is 17.3 Å². The number of aliphatic carboxylic acids is 1. The zero-order chi connectivity index (χ0) is 12.8. The van der Waals surface area contributed by atoms with Crippen LogP contribution >= 0.6 is 0 Å². The van der Waals surface area contributed by atoms with E-state index in [-0.39, 0.29) is 17.2 Å². The van der Waals surface area contributed by atoms with Crippen LogP contribution in [0.15, 0.2) is 0 Å². The van der Waals surface area contributed by atoms with Crippen molar-refractivity contribution in [2.75, 3.05) is 13.1 Å². The van der Waals surface area contributed by atoms with Crippen LogP contribution < -0.4 is 0 Å². The number of carboxylic acid groups (broad SMARTS) is 1. The van der Waals surface area contributed by atoms with E-state index in [0.29, 0.717) is 6.42 Å². The van der Waals surface area contributed by atoms with Gasteiger partial charge in [-0.2, -0.15) is 0 Å². The summed E-state index contributed by atoms with van der Waals surface area (Å²) >= 11 is 0. The Morgan fingerprint density at radius 3 is 2.39 bits per heavy atom. The van der Waals surface area contributed by atoms with Gasteiger partial charge in [0.05, 0.1) is 5.92 Å². The van der Waals surface area contributed by atoms with Crippen molar-refractivity contribution >= 4 is 11.9 Å². The van der Waals surface area contributed by atoms with Crippen molar-refractivity contribution in [3.63, 3.8) is 0 Å². The molecule has 0 bridgehead atoms. The second-order valence-electron chi connectivity index (χ2n) is 6.32. The molecular weight excluding hydrogens is 230 g/mol. The average Bonchev–Trinajstić information content (AvgIpc) is 3.23. The number of carbonyl (C=O) groups excluding carboxylic acids is 1. The summed E-state index contributed by atoms with van der Waals surface area (Å²) < 4.78 is 0. The number of piperidine rings is 1. The third-order valence-electron chi connectivity index (χ3n) is 5.06. The van der Waals surface area contributed by atoms with Gasteiger partial charge in [0.2, 0.25) is 5.91 Å². The molecule has 0 radical (unpaired) electrons. The minimum absolute atomic E-state index is 0.0408. The van der Waals surface area contributed by atoms with Crippen LogP contribution in [-0.2, 0) is 9.59 Å². The summed E-state index contributed by atoms with van der Waals surface area (Å²) in [6.07, 6.45) is 6.95. The standard InChI is InChI=1S/C14H21NO3/c16-12(4-3-10-1-2-10)15-7-5-14(6-8-15)9-11(14)13(17)18/h10-11H,1-9H2,(H,17,18). The lowest BCUT2D eigenvalue weighted by molar-refractivity contribution is -0.139. The molecule has 3 rings (SSSR count). The van der Waals surface area contributed by atoms with Crippen molar-refractivity contribution in [1.29, 1.82) is 0 Å². The molecule has 2 aliphatic carbocycles. The molecule has 100 valence electrons. The van der Waals surface area contributed by atoms with Gasteiger partial charge in [-0.15, -0.1) is 0 Å². The van der Waals surface area contributed by atoms with E-state index in [0.717, 1.165) is 44.7 Å². The Bertz CT molecular complexity index is 367. The van der Waals surface area contributed by atoms with E-state index in [4.69, 9.17) is 5.11 Å². The minimum Gasteiger partial charge on any atom is -0.481 e. The van der Waals surface area contributed by atoms with E-state index in [2.05, 4.69) is 0 Å². The normalized spacial score (nSPS) is 29.3. The van der Waals surface area contributed by atoms with Crippen molar-refractivity contribution < 1.29 is 14.7 Å². The Labute approximate surface area is 107 Å². The van der Waals surface area contributed by atoms with Crippen molar-refractivity contribution in [1.82, 2.24) is 4.90 Å². The predicted octanol–water partition coefficient (Wildman–Crippen LogP) is 1.89. The predicted molar refractivity (Wildman–Crippen MR) is 65.9 cm³/mol. The molecule has 2 saturated carbocycles. The number of hydrogen-bond donors (Lipinski definition) is 1. The van der Waals surface area contributed by atoms with E-state index < -0.39 is 5.97 Å². The van der Waals surface area contributed by atoms with Crippen LogP contribution in [0.5, 0.6) is 0 Å². The molecule has 1 aliphatic heterocycles. The number of carbonyl (C=O) groups is 2. The first-order chi connectivity index (χ1) is 8.61. The van der Waals surface area contributed by atoms with Crippen molar-refractivity contribution in [2.45, 2.75) is 44.9 Å². The SMILES string of the molecule is O=C(O)C1CC12CCN(C(=O)CCC1CC1)CC2. The molecule has 3 fully saturated rings. The highest BCUT2D eigenvalue weighted by molar-refractivity contribution is 5.77.